The van der Waals surface area contributed by atoms with Crippen molar-refractivity contribution in [2.24, 2.45) is 5.92 Å². The van der Waals surface area contributed by atoms with Crippen LogP contribution in [-0.2, 0) is 5.60 Å². The van der Waals surface area contributed by atoms with Gasteiger partial charge in [-0.25, -0.2) is 0 Å². The lowest BCUT2D eigenvalue weighted by molar-refractivity contribution is 0.0725. The highest BCUT2D eigenvalue weighted by Gasteiger charge is 2.24. The standard InChI is InChI=1S/C16H24O2/c1-11-8-12(2)15(14(9-11)16(3,4)17)18-10-13-6-5-7-13/h8-9,13,17H,5-7,10H2,1-4H3. The van der Waals surface area contributed by atoms with Gasteiger partial charge in [0, 0.05) is 5.56 Å². The summed E-state index contributed by atoms with van der Waals surface area (Å²) < 4.78 is 5.99. The molecule has 18 heavy (non-hydrogen) atoms. The topological polar surface area (TPSA) is 29.5 Å². The van der Waals surface area contributed by atoms with Gasteiger partial charge in [-0.1, -0.05) is 18.1 Å². The molecule has 2 heteroatoms. The molecule has 1 aliphatic rings. The fourth-order valence-electron chi connectivity index (χ4n) is 2.46. The minimum atomic E-state index is -0.855. The second kappa shape index (κ2) is 4.93. The molecule has 2 rings (SSSR count). The van der Waals surface area contributed by atoms with Gasteiger partial charge in [-0.2, -0.15) is 0 Å². The van der Waals surface area contributed by atoms with Gasteiger partial charge in [0.1, 0.15) is 5.75 Å². The van der Waals surface area contributed by atoms with Crippen molar-refractivity contribution in [3.05, 3.63) is 28.8 Å². The maximum atomic E-state index is 10.3. The molecule has 1 N–H and O–H groups in total. The van der Waals surface area contributed by atoms with Crippen LogP contribution in [0.3, 0.4) is 0 Å². The minimum Gasteiger partial charge on any atom is -0.493 e. The molecule has 1 fully saturated rings. The SMILES string of the molecule is Cc1cc(C)c(OCC2CCC2)c(C(C)(C)O)c1. The Kier molecular flexibility index (Phi) is 3.67. The molecule has 1 aliphatic carbocycles. The van der Waals surface area contributed by atoms with Crippen LogP contribution in [0.15, 0.2) is 12.1 Å². The number of rotatable bonds is 4. The third-order valence-electron chi connectivity index (χ3n) is 3.77. The van der Waals surface area contributed by atoms with Gasteiger partial charge in [0.05, 0.1) is 12.2 Å². The second-order valence-corrected chi connectivity index (χ2v) is 6.13. The minimum absolute atomic E-state index is 0.709. The molecule has 0 amide bonds. The van der Waals surface area contributed by atoms with Crippen LogP contribution in [0, 0.1) is 19.8 Å². The van der Waals surface area contributed by atoms with Crippen LogP contribution in [0.5, 0.6) is 5.75 Å². The number of ether oxygens (including phenoxy) is 1. The molecule has 1 aromatic rings. The van der Waals surface area contributed by atoms with Gasteiger partial charge >= 0.3 is 0 Å². The highest BCUT2D eigenvalue weighted by atomic mass is 16.5. The van der Waals surface area contributed by atoms with Gasteiger partial charge in [-0.05, 0) is 58.1 Å². The smallest absolute Gasteiger partial charge is 0.128 e. The van der Waals surface area contributed by atoms with Gasteiger partial charge < -0.3 is 9.84 Å². The third kappa shape index (κ3) is 2.86. The Balaban J connectivity index is 2.25. The highest BCUT2D eigenvalue weighted by molar-refractivity contribution is 5.46. The monoisotopic (exact) mass is 248 g/mol. The molecule has 0 spiro atoms. The van der Waals surface area contributed by atoms with E-state index in [1.54, 1.807) is 0 Å². The average Bonchev–Trinajstić information content (AvgIpc) is 2.16. The Morgan fingerprint density at radius 3 is 2.44 bits per heavy atom. The molecule has 0 saturated heterocycles. The molecule has 0 atom stereocenters. The first kappa shape index (κ1) is 13.4. The molecule has 0 aromatic heterocycles. The summed E-state index contributed by atoms with van der Waals surface area (Å²) in [7, 11) is 0. The van der Waals surface area contributed by atoms with Crippen LogP contribution in [0.2, 0.25) is 0 Å². The van der Waals surface area contributed by atoms with Gasteiger partial charge in [-0.3, -0.25) is 0 Å². The van der Waals surface area contributed by atoms with Crippen LogP contribution in [0.1, 0.15) is 49.8 Å². The van der Waals surface area contributed by atoms with E-state index in [0.29, 0.717) is 5.92 Å². The highest BCUT2D eigenvalue weighted by Crippen LogP contribution is 2.35. The van der Waals surface area contributed by atoms with E-state index in [1.807, 2.05) is 19.9 Å². The van der Waals surface area contributed by atoms with E-state index < -0.39 is 5.60 Å². The van der Waals surface area contributed by atoms with Gasteiger partial charge in [0.25, 0.3) is 0 Å². The van der Waals surface area contributed by atoms with E-state index in [2.05, 4.69) is 19.9 Å². The van der Waals surface area contributed by atoms with Crippen molar-refractivity contribution in [2.75, 3.05) is 6.61 Å². The van der Waals surface area contributed by atoms with Gasteiger partial charge in [0.2, 0.25) is 0 Å². The lowest BCUT2D eigenvalue weighted by atomic mass is 9.86. The largest absolute Gasteiger partial charge is 0.493 e. The molecule has 0 heterocycles. The van der Waals surface area contributed by atoms with Gasteiger partial charge in [0.15, 0.2) is 0 Å². The van der Waals surface area contributed by atoms with Crippen molar-refractivity contribution in [2.45, 2.75) is 52.6 Å². The predicted octanol–water partition coefficient (Wildman–Crippen LogP) is 3.71. The lowest BCUT2D eigenvalue weighted by Crippen LogP contribution is -2.23. The molecule has 0 aliphatic heterocycles. The summed E-state index contributed by atoms with van der Waals surface area (Å²) in [4.78, 5) is 0. The summed E-state index contributed by atoms with van der Waals surface area (Å²) in [5, 5.41) is 10.3. The number of hydrogen-bond donors (Lipinski definition) is 1. The fraction of sp³-hybridized carbons (Fsp3) is 0.625. The molecular weight excluding hydrogens is 224 g/mol. The van der Waals surface area contributed by atoms with Crippen LogP contribution in [-0.4, -0.2) is 11.7 Å². The summed E-state index contributed by atoms with van der Waals surface area (Å²) in [5.41, 5.74) is 2.33. The van der Waals surface area contributed by atoms with E-state index >= 15 is 0 Å². The van der Waals surface area contributed by atoms with Gasteiger partial charge in [-0.15, -0.1) is 0 Å². The summed E-state index contributed by atoms with van der Waals surface area (Å²) >= 11 is 0. The maximum absolute atomic E-state index is 10.3. The van der Waals surface area contributed by atoms with Crippen LogP contribution in [0.4, 0.5) is 0 Å². The first-order valence-electron chi connectivity index (χ1n) is 6.85. The zero-order valence-corrected chi connectivity index (χ0v) is 11.9. The molecule has 0 unspecified atom stereocenters. The molecular formula is C16H24O2. The van der Waals surface area contributed by atoms with E-state index in [9.17, 15) is 5.11 Å². The first-order valence-corrected chi connectivity index (χ1v) is 6.85. The molecule has 1 aromatic carbocycles. The van der Waals surface area contributed by atoms with Crippen molar-refractivity contribution < 1.29 is 9.84 Å². The average molecular weight is 248 g/mol. The van der Waals surface area contributed by atoms with Crippen LogP contribution in [0.25, 0.3) is 0 Å². The fourth-order valence-corrected chi connectivity index (χ4v) is 2.46. The Labute approximate surface area is 110 Å². The zero-order valence-electron chi connectivity index (χ0n) is 11.9. The number of hydrogen-bond acceptors (Lipinski definition) is 2. The number of aliphatic hydroxyl groups is 1. The van der Waals surface area contributed by atoms with Crippen LogP contribution < -0.4 is 4.74 Å². The Morgan fingerprint density at radius 2 is 1.94 bits per heavy atom. The maximum Gasteiger partial charge on any atom is 0.128 e. The van der Waals surface area contributed by atoms with E-state index in [0.717, 1.165) is 23.5 Å². The summed E-state index contributed by atoms with van der Waals surface area (Å²) in [6, 6.07) is 4.15. The molecule has 0 bridgehead atoms. The third-order valence-corrected chi connectivity index (χ3v) is 3.77. The number of aryl methyl sites for hydroxylation is 2. The van der Waals surface area contributed by atoms with Crippen molar-refractivity contribution in [3.8, 4) is 5.75 Å². The molecule has 100 valence electrons. The Bertz CT molecular complexity index is 425. The second-order valence-electron chi connectivity index (χ2n) is 6.13. The molecule has 0 radical (unpaired) electrons. The molecule has 2 nitrogen and oxygen atoms in total. The lowest BCUT2D eigenvalue weighted by Gasteiger charge is -2.28. The summed E-state index contributed by atoms with van der Waals surface area (Å²) in [6.07, 6.45) is 3.89. The van der Waals surface area contributed by atoms with Crippen molar-refractivity contribution in [1.82, 2.24) is 0 Å². The van der Waals surface area contributed by atoms with Crippen molar-refractivity contribution in [1.29, 1.82) is 0 Å². The zero-order chi connectivity index (χ0) is 13.3. The Hall–Kier alpha value is -1.02. The Morgan fingerprint density at radius 1 is 1.28 bits per heavy atom. The van der Waals surface area contributed by atoms with Crippen molar-refractivity contribution in [3.63, 3.8) is 0 Å². The van der Waals surface area contributed by atoms with E-state index in [-0.39, 0.29) is 0 Å². The van der Waals surface area contributed by atoms with Crippen LogP contribution >= 0.6 is 0 Å². The van der Waals surface area contributed by atoms with E-state index in [1.165, 1.54) is 24.8 Å². The first-order chi connectivity index (χ1) is 8.38. The normalized spacial score (nSPS) is 16.5. The summed E-state index contributed by atoms with van der Waals surface area (Å²) in [6.45, 7) is 8.53. The van der Waals surface area contributed by atoms with Crippen molar-refractivity contribution >= 4 is 0 Å². The van der Waals surface area contributed by atoms with E-state index in [4.69, 9.17) is 4.74 Å². The quantitative estimate of drug-likeness (QED) is 0.880. The molecule has 1 saturated carbocycles. The predicted molar refractivity (Wildman–Crippen MR) is 74.0 cm³/mol. The number of benzene rings is 1. The summed E-state index contributed by atoms with van der Waals surface area (Å²) in [5.74, 6) is 1.58.